The molecule has 2 amide bonds. The third-order valence-electron chi connectivity index (χ3n) is 3.74. The van der Waals surface area contributed by atoms with Crippen molar-refractivity contribution in [1.82, 2.24) is 5.32 Å². The molecule has 0 heterocycles. The standard InChI is InChI=1S/C19H19FN2O2S/c20-15-6-4-13(5-7-15)11-25-12-18(23)21-17-3-1-2-14(10-17)19(24)22-16-8-9-16/h1-7,10,16H,8-9,11-12H2,(H,21,23)(H,22,24). The molecular formula is C19H19FN2O2S. The van der Waals surface area contributed by atoms with Crippen LogP contribution in [0.3, 0.4) is 0 Å². The first-order valence-corrected chi connectivity index (χ1v) is 9.28. The Morgan fingerprint density at radius 2 is 1.88 bits per heavy atom. The van der Waals surface area contributed by atoms with E-state index >= 15 is 0 Å². The fourth-order valence-electron chi connectivity index (χ4n) is 2.27. The molecule has 2 aromatic rings. The highest BCUT2D eigenvalue weighted by molar-refractivity contribution is 7.99. The van der Waals surface area contributed by atoms with Gasteiger partial charge < -0.3 is 10.6 Å². The molecular weight excluding hydrogens is 339 g/mol. The predicted octanol–water partition coefficient (Wildman–Crippen LogP) is 3.59. The van der Waals surface area contributed by atoms with E-state index in [1.165, 1.54) is 23.9 Å². The summed E-state index contributed by atoms with van der Waals surface area (Å²) in [5.74, 6) is 0.418. The zero-order chi connectivity index (χ0) is 17.6. The molecule has 1 aliphatic rings. The predicted molar refractivity (Wildman–Crippen MR) is 98.1 cm³/mol. The lowest BCUT2D eigenvalue weighted by molar-refractivity contribution is -0.113. The van der Waals surface area contributed by atoms with Gasteiger partial charge in [0.25, 0.3) is 5.91 Å². The van der Waals surface area contributed by atoms with E-state index in [1.807, 2.05) is 0 Å². The summed E-state index contributed by atoms with van der Waals surface area (Å²) in [4.78, 5) is 24.1. The molecule has 130 valence electrons. The van der Waals surface area contributed by atoms with E-state index in [0.29, 0.717) is 23.0 Å². The topological polar surface area (TPSA) is 58.2 Å². The van der Waals surface area contributed by atoms with Crippen LogP contribution in [0.25, 0.3) is 0 Å². The molecule has 0 radical (unpaired) electrons. The first kappa shape index (κ1) is 17.5. The second-order valence-electron chi connectivity index (χ2n) is 6.00. The number of halogens is 1. The average molecular weight is 358 g/mol. The van der Waals surface area contributed by atoms with Gasteiger partial charge in [-0.25, -0.2) is 4.39 Å². The van der Waals surface area contributed by atoms with Crippen molar-refractivity contribution in [3.05, 3.63) is 65.5 Å². The van der Waals surface area contributed by atoms with Gasteiger partial charge in [0.2, 0.25) is 5.91 Å². The molecule has 25 heavy (non-hydrogen) atoms. The van der Waals surface area contributed by atoms with Crippen LogP contribution < -0.4 is 10.6 Å². The molecule has 0 saturated heterocycles. The molecule has 6 heteroatoms. The highest BCUT2D eigenvalue weighted by Gasteiger charge is 2.23. The Kier molecular flexibility index (Phi) is 5.71. The van der Waals surface area contributed by atoms with Crippen LogP contribution in [0.2, 0.25) is 0 Å². The quantitative estimate of drug-likeness (QED) is 0.795. The first-order chi connectivity index (χ1) is 12.1. The van der Waals surface area contributed by atoms with Gasteiger partial charge in [0.05, 0.1) is 5.75 Å². The number of thioether (sulfide) groups is 1. The highest BCUT2D eigenvalue weighted by Crippen LogP contribution is 2.20. The zero-order valence-electron chi connectivity index (χ0n) is 13.6. The van der Waals surface area contributed by atoms with Crippen molar-refractivity contribution < 1.29 is 14.0 Å². The number of amides is 2. The van der Waals surface area contributed by atoms with Crippen molar-refractivity contribution in [3.8, 4) is 0 Å². The zero-order valence-corrected chi connectivity index (χ0v) is 14.4. The molecule has 0 bridgehead atoms. The molecule has 0 aliphatic heterocycles. The minimum atomic E-state index is -0.267. The summed E-state index contributed by atoms with van der Waals surface area (Å²) in [5.41, 5.74) is 2.12. The maximum Gasteiger partial charge on any atom is 0.251 e. The summed E-state index contributed by atoms with van der Waals surface area (Å²) in [6.07, 6.45) is 2.07. The smallest absolute Gasteiger partial charge is 0.251 e. The van der Waals surface area contributed by atoms with Crippen LogP contribution in [0.5, 0.6) is 0 Å². The first-order valence-electron chi connectivity index (χ1n) is 8.13. The Labute approximate surface area is 150 Å². The lowest BCUT2D eigenvalue weighted by Crippen LogP contribution is -2.25. The number of carbonyl (C=O) groups is 2. The van der Waals surface area contributed by atoms with Crippen LogP contribution >= 0.6 is 11.8 Å². The number of benzene rings is 2. The molecule has 0 aromatic heterocycles. The number of hydrogen-bond acceptors (Lipinski definition) is 3. The number of hydrogen-bond donors (Lipinski definition) is 2. The Morgan fingerprint density at radius 1 is 1.12 bits per heavy atom. The summed E-state index contributed by atoms with van der Waals surface area (Å²) < 4.78 is 12.8. The second kappa shape index (κ2) is 8.16. The number of carbonyl (C=O) groups excluding carboxylic acids is 2. The van der Waals surface area contributed by atoms with Crippen LogP contribution in [-0.4, -0.2) is 23.6 Å². The molecule has 0 spiro atoms. The Hall–Kier alpha value is -2.34. The van der Waals surface area contributed by atoms with E-state index in [2.05, 4.69) is 10.6 Å². The molecule has 4 nitrogen and oxygen atoms in total. The summed E-state index contributed by atoms with van der Waals surface area (Å²) in [6, 6.07) is 13.5. The van der Waals surface area contributed by atoms with E-state index in [4.69, 9.17) is 0 Å². The summed E-state index contributed by atoms with van der Waals surface area (Å²) in [6.45, 7) is 0. The lowest BCUT2D eigenvalue weighted by Gasteiger charge is -2.08. The summed E-state index contributed by atoms with van der Waals surface area (Å²) in [7, 11) is 0. The Balaban J connectivity index is 1.47. The maximum atomic E-state index is 12.8. The van der Waals surface area contributed by atoms with E-state index < -0.39 is 0 Å². The van der Waals surface area contributed by atoms with Crippen LogP contribution in [0.1, 0.15) is 28.8 Å². The van der Waals surface area contributed by atoms with E-state index in [1.54, 1.807) is 36.4 Å². The molecule has 1 aliphatic carbocycles. The fourth-order valence-corrected chi connectivity index (χ4v) is 3.06. The van der Waals surface area contributed by atoms with Crippen molar-refractivity contribution in [1.29, 1.82) is 0 Å². The van der Waals surface area contributed by atoms with Gasteiger partial charge in [-0.1, -0.05) is 18.2 Å². The molecule has 0 unspecified atom stereocenters. The lowest BCUT2D eigenvalue weighted by atomic mass is 10.2. The minimum absolute atomic E-state index is 0.107. The molecule has 1 fully saturated rings. The van der Waals surface area contributed by atoms with Crippen molar-refractivity contribution in [2.24, 2.45) is 0 Å². The third-order valence-corrected chi connectivity index (χ3v) is 4.74. The van der Waals surface area contributed by atoms with Gasteiger partial charge in [0, 0.05) is 23.0 Å². The largest absolute Gasteiger partial charge is 0.349 e. The maximum absolute atomic E-state index is 12.8. The minimum Gasteiger partial charge on any atom is -0.349 e. The van der Waals surface area contributed by atoms with Crippen LogP contribution in [0, 0.1) is 5.82 Å². The van der Waals surface area contributed by atoms with Crippen LogP contribution in [-0.2, 0) is 10.5 Å². The molecule has 2 aromatic carbocycles. The number of rotatable bonds is 7. The third kappa shape index (κ3) is 5.60. The molecule has 1 saturated carbocycles. The van der Waals surface area contributed by atoms with E-state index in [0.717, 1.165) is 18.4 Å². The monoisotopic (exact) mass is 358 g/mol. The van der Waals surface area contributed by atoms with Gasteiger partial charge in [-0.2, -0.15) is 0 Å². The van der Waals surface area contributed by atoms with Crippen LogP contribution in [0.15, 0.2) is 48.5 Å². The SMILES string of the molecule is O=C(CSCc1ccc(F)cc1)Nc1cccc(C(=O)NC2CC2)c1. The van der Waals surface area contributed by atoms with Gasteiger partial charge in [0.15, 0.2) is 0 Å². The van der Waals surface area contributed by atoms with E-state index in [-0.39, 0.29) is 23.4 Å². The van der Waals surface area contributed by atoms with E-state index in [9.17, 15) is 14.0 Å². The van der Waals surface area contributed by atoms with Gasteiger partial charge in [0.1, 0.15) is 5.82 Å². The van der Waals surface area contributed by atoms with Gasteiger partial charge >= 0.3 is 0 Å². The van der Waals surface area contributed by atoms with Crippen molar-refractivity contribution in [2.45, 2.75) is 24.6 Å². The fraction of sp³-hybridized carbons (Fsp3) is 0.263. The van der Waals surface area contributed by atoms with Gasteiger partial charge in [-0.3, -0.25) is 9.59 Å². The van der Waals surface area contributed by atoms with Gasteiger partial charge in [-0.15, -0.1) is 11.8 Å². The van der Waals surface area contributed by atoms with Crippen LogP contribution in [0.4, 0.5) is 10.1 Å². The van der Waals surface area contributed by atoms with Crippen molar-refractivity contribution in [3.63, 3.8) is 0 Å². The Morgan fingerprint density at radius 3 is 2.60 bits per heavy atom. The molecule has 3 rings (SSSR count). The summed E-state index contributed by atoms with van der Waals surface area (Å²) >= 11 is 1.45. The molecule has 2 N–H and O–H groups in total. The summed E-state index contributed by atoms with van der Waals surface area (Å²) in [5, 5.41) is 5.73. The molecule has 0 atom stereocenters. The normalized spacial score (nSPS) is 13.3. The number of nitrogens with one attached hydrogen (secondary N) is 2. The second-order valence-corrected chi connectivity index (χ2v) is 6.98. The Bertz CT molecular complexity index is 760. The average Bonchev–Trinajstić information content (AvgIpc) is 3.41. The van der Waals surface area contributed by atoms with Gasteiger partial charge in [-0.05, 0) is 48.7 Å². The van der Waals surface area contributed by atoms with Crippen molar-refractivity contribution in [2.75, 3.05) is 11.1 Å². The highest BCUT2D eigenvalue weighted by atomic mass is 32.2. The number of anilines is 1. The van der Waals surface area contributed by atoms with Crippen molar-refractivity contribution >= 4 is 29.3 Å².